The number of anilines is 4. The Hall–Kier alpha value is -6.72. The molecule has 1 amide bonds. The molecule has 0 fully saturated rings. The van der Waals surface area contributed by atoms with Crippen LogP contribution in [0.3, 0.4) is 0 Å². The average Bonchev–Trinajstić information content (AvgIpc) is 3.85. The van der Waals surface area contributed by atoms with E-state index in [0.717, 1.165) is 17.2 Å². The Kier molecular flexibility index (Phi) is 11.9. The van der Waals surface area contributed by atoms with Crippen molar-refractivity contribution in [2.45, 2.75) is 22.6 Å². The van der Waals surface area contributed by atoms with Gasteiger partial charge in [0.05, 0.1) is 35.4 Å². The van der Waals surface area contributed by atoms with Crippen LogP contribution in [0, 0.1) is 0 Å². The van der Waals surface area contributed by atoms with Crippen LogP contribution < -0.4 is 29.1 Å². The molecule has 0 radical (unpaired) electrons. The Labute approximate surface area is 329 Å². The van der Waals surface area contributed by atoms with E-state index in [1.165, 1.54) is 65.4 Å². The van der Waals surface area contributed by atoms with Gasteiger partial charge in [-0.2, -0.15) is 0 Å². The van der Waals surface area contributed by atoms with Gasteiger partial charge in [-0.3, -0.25) is 4.79 Å². The van der Waals surface area contributed by atoms with Crippen LogP contribution >= 0.6 is 0 Å². The Morgan fingerprint density at radius 1 is 0.719 bits per heavy atom. The number of benzene rings is 3. The maximum Gasteiger partial charge on any atom is 0.328 e. The standard InChI is InChI=1S/C23H22N4O4S.C17H16N2O5S/c1-31-18-7-9-19(10-8-18)32(29,30)27-13-12-17-14-16(15-25-23(17)27)6-11-22(28)26-21-5-3-2-4-20(21)24;1-24-14-3-5-15(6-4-14)25(22,23)19-9-8-13-10-12(2-7-16(20)21)11-18-17(13)19/h2-11,14-15H,12-13,24H2,1H3,(H,26,28);2-7,10-11H,8-9H2,1H3,(H,20,21)/b11-6+;7-2+. The van der Waals surface area contributed by atoms with E-state index < -0.39 is 26.0 Å². The van der Waals surface area contributed by atoms with Crippen molar-refractivity contribution in [1.82, 2.24) is 9.97 Å². The number of fused-ring (bicyclic) bond motifs is 2. The van der Waals surface area contributed by atoms with Gasteiger partial charge in [0, 0.05) is 37.6 Å². The molecule has 0 saturated carbocycles. The zero-order valence-electron chi connectivity index (χ0n) is 30.8. The van der Waals surface area contributed by atoms with Gasteiger partial charge in [-0.25, -0.2) is 40.2 Å². The molecule has 3 aromatic carbocycles. The van der Waals surface area contributed by atoms with Gasteiger partial charge in [-0.15, -0.1) is 0 Å². The van der Waals surface area contributed by atoms with Crippen LogP contribution in [0.4, 0.5) is 23.0 Å². The normalized spacial score (nSPS) is 13.5. The molecular weight excluding hydrogens is 773 g/mol. The lowest BCUT2D eigenvalue weighted by Crippen LogP contribution is -2.29. The van der Waals surface area contributed by atoms with Crippen LogP contribution in [-0.4, -0.2) is 71.1 Å². The summed E-state index contributed by atoms with van der Waals surface area (Å²) in [5, 5.41) is 11.4. The fraction of sp³-hybridized carbons (Fsp3) is 0.150. The largest absolute Gasteiger partial charge is 0.497 e. The Morgan fingerprint density at radius 3 is 1.61 bits per heavy atom. The van der Waals surface area contributed by atoms with Crippen molar-refractivity contribution < 1.29 is 41.0 Å². The van der Waals surface area contributed by atoms with Crippen LogP contribution in [0.2, 0.25) is 0 Å². The van der Waals surface area contributed by atoms with Crippen LogP contribution in [-0.2, 0) is 42.5 Å². The summed E-state index contributed by atoms with van der Waals surface area (Å²) in [5.41, 5.74) is 9.73. The SMILES string of the molecule is COc1ccc(S(=O)(=O)N2CCc3cc(/C=C/C(=O)Nc4ccccc4N)cnc32)cc1.COc1ccc(S(=O)(=O)N2CCc3cc(/C=C/C(=O)O)cnc32)cc1. The molecule has 57 heavy (non-hydrogen) atoms. The number of rotatable bonds is 11. The van der Waals surface area contributed by atoms with Crippen LogP contribution in [0.15, 0.2) is 119 Å². The van der Waals surface area contributed by atoms with Gasteiger partial charge in [0.15, 0.2) is 0 Å². The highest BCUT2D eigenvalue weighted by Gasteiger charge is 2.33. The number of sulfonamides is 2. The number of pyridine rings is 2. The number of ether oxygens (including phenoxy) is 2. The number of nitrogens with one attached hydrogen (secondary N) is 1. The third-order valence-corrected chi connectivity index (χ3v) is 12.5. The summed E-state index contributed by atoms with van der Waals surface area (Å²) < 4.78 is 64.6. The number of aliphatic carboxylic acids is 1. The Bertz CT molecular complexity index is 2580. The maximum absolute atomic E-state index is 13.1. The molecule has 7 rings (SSSR count). The van der Waals surface area contributed by atoms with E-state index in [1.807, 2.05) is 6.07 Å². The number of nitrogen functional groups attached to an aromatic ring is 1. The topological polar surface area (TPSA) is 211 Å². The van der Waals surface area contributed by atoms with Gasteiger partial charge >= 0.3 is 5.97 Å². The maximum atomic E-state index is 13.1. The average molecular weight is 811 g/mol. The van der Waals surface area contributed by atoms with Crippen molar-refractivity contribution in [2.24, 2.45) is 0 Å². The number of carbonyl (C=O) groups is 2. The second kappa shape index (κ2) is 17.0. The highest BCUT2D eigenvalue weighted by Crippen LogP contribution is 2.34. The smallest absolute Gasteiger partial charge is 0.328 e. The lowest BCUT2D eigenvalue weighted by molar-refractivity contribution is -0.131. The molecule has 2 aliphatic heterocycles. The first kappa shape index (κ1) is 40.0. The quantitative estimate of drug-likeness (QED) is 0.119. The lowest BCUT2D eigenvalue weighted by atomic mass is 10.1. The van der Waals surface area contributed by atoms with Gasteiger partial charge < -0.3 is 25.6 Å². The van der Waals surface area contributed by atoms with E-state index >= 15 is 0 Å². The number of nitrogens with zero attached hydrogens (tertiary/aromatic N) is 4. The molecule has 15 nitrogen and oxygen atoms in total. The van der Waals surface area contributed by atoms with Crippen molar-refractivity contribution in [1.29, 1.82) is 0 Å². The van der Waals surface area contributed by atoms with Crippen LogP contribution in [0.1, 0.15) is 22.3 Å². The molecule has 0 spiro atoms. The number of hydrogen-bond donors (Lipinski definition) is 3. The number of aromatic nitrogens is 2. The summed E-state index contributed by atoms with van der Waals surface area (Å²) >= 11 is 0. The first-order valence-electron chi connectivity index (χ1n) is 17.4. The number of hydrogen-bond acceptors (Lipinski definition) is 11. The van der Waals surface area contributed by atoms with E-state index in [1.54, 1.807) is 66.9 Å². The predicted molar refractivity (Wildman–Crippen MR) is 216 cm³/mol. The molecule has 5 aromatic rings. The summed E-state index contributed by atoms with van der Waals surface area (Å²) in [5.74, 6) is 0.562. The summed E-state index contributed by atoms with van der Waals surface area (Å²) in [6.07, 6.45) is 9.51. The van der Waals surface area contributed by atoms with E-state index in [9.17, 15) is 26.4 Å². The van der Waals surface area contributed by atoms with Crippen molar-refractivity contribution in [3.63, 3.8) is 0 Å². The third-order valence-electron chi connectivity index (χ3n) is 8.93. The monoisotopic (exact) mass is 810 g/mol. The predicted octanol–water partition coefficient (Wildman–Crippen LogP) is 5.02. The molecule has 0 saturated heterocycles. The Morgan fingerprint density at radius 2 is 1.18 bits per heavy atom. The third kappa shape index (κ3) is 9.06. The first-order chi connectivity index (χ1) is 27.3. The summed E-state index contributed by atoms with van der Waals surface area (Å²) in [7, 11) is -4.41. The molecule has 0 aliphatic carbocycles. The molecule has 2 aromatic heterocycles. The highest BCUT2D eigenvalue weighted by molar-refractivity contribution is 7.93. The van der Waals surface area contributed by atoms with E-state index in [0.29, 0.717) is 71.6 Å². The molecule has 0 unspecified atom stereocenters. The molecule has 0 atom stereocenters. The number of nitrogens with two attached hydrogens (primary N) is 1. The molecule has 0 bridgehead atoms. The van der Waals surface area contributed by atoms with E-state index in [-0.39, 0.29) is 15.7 Å². The zero-order chi connectivity index (χ0) is 40.7. The van der Waals surface area contributed by atoms with Gasteiger partial charge in [-0.05, 0) is 120 Å². The van der Waals surface area contributed by atoms with Crippen molar-refractivity contribution in [3.8, 4) is 11.5 Å². The van der Waals surface area contributed by atoms with Crippen molar-refractivity contribution >= 4 is 67.1 Å². The zero-order valence-corrected chi connectivity index (χ0v) is 32.4. The molecule has 294 valence electrons. The number of methoxy groups -OCH3 is 2. The second-order valence-electron chi connectivity index (χ2n) is 12.6. The van der Waals surface area contributed by atoms with Gasteiger partial charge in [0.1, 0.15) is 23.1 Å². The highest BCUT2D eigenvalue weighted by atomic mass is 32.2. The number of carboxylic acids is 1. The molecule has 4 heterocycles. The van der Waals surface area contributed by atoms with E-state index in [4.69, 9.17) is 20.3 Å². The molecule has 17 heteroatoms. The lowest BCUT2D eigenvalue weighted by Gasteiger charge is -2.18. The van der Waals surface area contributed by atoms with Crippen molar-refractivity contribution in [2.75, 3.05) is 47.0 Å². The van der Waals surface area contributed by atoms with Gasteiger partial charge in [0.2, 0.25) is 5.91 Å². The van der Waals surface area contributed by atoms with Crippen LogP contribution in [0.25, 0.3) is 12.2 Å². The number of carbonyl (C=O) groups excluding carboxylic acids is 1. The first-order valence-corrected chi connectivity index (χ1v) is 20.2. The molecular formula is C40H38N6O9S2. The summed E-state index contributed by atoms with van der Waals surface area (Å²) in [4.78, 5) is 31.7. The van der Waals surface area contributed by atoms with E-state index in [2.05, 4.69) is 15.3 Å². The molecule has 4 N–H and O–H groups in total. The fourth-order valence-corrected chi connectivity index (χ4v) is 8.96. The summed E-state index contributed by atoms with van der Waals surface area (Å²) in [6, 6.07) is 23.0. The second-order valence-corrected chi connectivity index (χ2v) is 16.3. The minimum atomic E-state index is -3.73. The number of para-hydroxylation sites is 2. The minimum absolute atomic E-state index is 0.165. The summed E-state index contributed by atoms with van der Waals surface area (Å²) in [6.45, 7) is 0.598. The minimum Gasteiger partial charge on any atom is -0.497 e. The molecule has 2 aliphatic rings. The fourth-order valence-electron chi connectivity index (χ4n) is 6.04. The van der Waals surface area contributed by atoms with Crippen molar-refractivity contribution in [3.05, 3.63) is 132 Å². The number of carboxylic acid groups (broad SMARTS) is 1. The van der Waals surface area contributed by atoms with Crippen LogP contribution in [0.5, 0.6) is 11.5 Å². The van der Waals surface area contributed by atoms with Gasteiger partial charge in [-0.1, -0.05) is 12.1 Å². The van der Waals surface area contributed by atoms with Gasteiger partial charge in [0.25, 0.3) is 20.0 Å². The number of amides is 1. The Balaban J connectivity index is 0.000000199.